The van der Waals surface area contributed by atoms with Gasteiger partial charge >= 0.3 is 0 Å². The molecule has 0 spiro atoms. The number of hydrogen-bond acceptors (Lipinski definition) is 3. The summed E-state index contributed by atoms with van der Waals surface area (Å²) in [4.78, 5) is 18.6. The molecule has 0 heterocycles. The Morgan fingerprint density at radius 2 is 1.92 bits per heavy atom. The van der Waals surface area contributed by atoms with Gasteiger partial charge in [0.1, 0.15) is 12.4 Å². The van der Waals surface area contributed by atoms with E-state index in [9.17, 15) is 4.79 Å². The predicted molar refractivity (Wildman–Crippen MR) is 106 cm³/mol. The highest BCUT2D eigenvalue weighted by Gasteiger charge is 2.42. The fourth-order valence-electron chi connectivity index (χ4n) is 3.51. The van der Waals surface area contributed by atoms with Crippen molar-refractivity contribution in [3.63, 3.8) is 0 Å². The Morgan fingerprint density at radius 3 is 2.54 bits per heavy atom. The lowest BCUT2D eigenvalue weighted by molar-refractivity contribution is -0.138. The lowest BCUT2D eigenvalue weighted by atomic mass is 9.84. The van der Waals surface area contributed by atoms with Crippen LogP contribution in [0.1, 0.15) is 31.2 Å². The van der Waals surface area contributed by atoms with Gasteiger partial charge in [0.25, 0.3) is 0 Å². The number of nitrogens with one attached hydrogen (secondary N) is 2. The Bertz CT molecular complexity index is 622. The van der Waals surface area contributed by atoms with Gasteiger partial charge in [-0.2, -0.15) is 0 Å². The zero-order chi connectivity index (χ0) is 19.0. The van der Waals surface area contributed by atoms with E-state index in [1.165, 1.54) is 0 Å². The van der Waals surface area contributed by atoms with Crippen LogP contribution >= 0.6 is 0 Å². The summed E-state index contributed by atoms with van der Waals surface area (Å²) in [5, 5.41) is 6.59. The minimum atomic E-state index is -0.307. The Hall–Kier alpha value is -2.24. The van der Waals surface area contributed by atoms with Crippen LogP contribution in [0.4, 0.5) is 0 Å². The van der Waals surface area contributed by atoms with E-state index >= 15 is 0 Å². The summed E-state index contributed by atoms with van der Waals surface area (Å²) >= 11 is 0. The van der Waals surface area contributed by atoms with Crippen molar-refractivity contribution in [1.29, 1.82) is 0 Å². The van der Waals surface area contributed by atoms with Gasteiger partial charge in [0.2, 0.25) is 5.91 Å². The molecule has 1 aliphatic rings. The molecule has 2 rings (SSSR count). The highest BCUT2D eigenvalue weighted by molar-refractivity contribution is 5.85. The quantitative estimate of drug-likeness (QED) is 0.444. The molecular formula is C20H32N4O2. The zero-order valence-corrected chi connectivity index (χ0v) is 16.5. The van der Waals surface area contributed by atoms with E-state index in [1.54, 1.807) is 11.9 Å². The van der Waals surface area contributed by atoms with Crippen molar-refractivity contribution in [1.82, 2.24) is 15.5 Å². The molecule has 144 valence electrons. The molecule has 0 saturated heterocycles. The van der Waals surface area contributed by atoms with Gasteiger partial charge in [-0.25, -0.2) is 0 Å². The van der Waals surface area contributed by atoms with Crippen LogP contribution in [0.25, 0.3) is 0 Å². The normalized spacial score (nSPS) is 16.2. The predicted octanol–water partition coefficient (Wildman–Crippen LogP) is 2.19. The minimum absolute atomic E-state index is 0.209. The number of benzene rings is 1. The monoisotopic (exact) mass is 360 g/mol. The zero-order valence-electron chi connectivity index (χ0n) is 16.5. The summed E-state index contributed by atoms with van der Waals surface area (Å²) in [6.07, 6.45) is 4.09. The molecule has 0 radical (unpaired) electrons. The number of para-hydroxylation sites is 1. The van der Waals surface area contributed by atoms with Crippen LogP contribution in [-0.4, -0.2) is 57.6 Å². The number of hydrogen-bond donors (Lipinski definition) is 2. The van der Waals surface area contributed by atoms with Gasteiger partial charge in [0.05, 0.1) is 12.0 Å². The van der Waals surface area contributed by atoms with Gasteiger partial charge in [-0.05, 0) is 31.4 Å². The van der Waals surface area contributed by atoms with Crippen molar-refractivity contribution < 1.29 is 9.53 Å². The molecule has 0 aliphatic heterocycles. The second-order valence-electron chi connectivity index (χ2n) is 7.15. The summed E-state index contributed by atoms with van der Waals surface area (Å²) in [5.74, 6) is 1.82. The van der Waals surface area contributed by atoms with Crippen LogP contribution in [0.2, 0.25) is 0 Å². The first-order chi connectivity index (χ1) is 12.5. The number of amides is 1. The first-order valence-corrected chi connectivity index (χ1v) is 9.33. The van der Waals surface area contributed by atoms with Crippen LogP contribution in [0.15, 0.2) is 29.3 Å². The number of carbonyl (C=O) groups excluding carboxylic acids is 1. The highest BCUT2D eigenvalue weighted by Crippen LogP contribution is 2.38. The number of rotatable bonds is 7. The number of aryl methyl sites for hydroxylation is 1. The summed E-state index contributed by atoms with van der Waals surface area (Å²) in [7, 11) is 5.41. The van der Waals surface area contributed by atoms with Crippen molar-refractivity contribution in [2.75, 3.05) is 40.8 Å². The van der Waals surface area contributed by atoms with E-state index in [4.69, 9.17) is 4.74 Å². The Balaban J connectivity index is 1.80. The van der Waals surface area contributed by atoms with Crippen molar-refractivity contribution in [3.05, 3.63) is 29.8 Å². The van der Waals surface area contributed by atoms with E-state index in [2.05, 4.69) is 15.6 Å². The summed E-state index contributed by atoms with van der Waals surface area (Å²) in [5.41, 5.74) is 0.819. The first-order valence-electron chi connectivity index (χ1n) is 9.33. The molecule has 1 aliphatic carbocycles. The lowest BCUT2D eigenvalue weighted by Crippen LogP contribution is -2.49. The molecule has 6 heteroatoms. The number of aliphatic imine (C=N–C) groups is 1. The molecule has 0 unspecified atom stereocenters. The standard InChI is InChI=1S/C20H32N4O2/c1-16-9-5-6-10-17(16)26-14-13-22-19(21-2)23-15-20(11-7-8-12-20)18(25)24(3)4/h5-6,9-10H,7-8,11-15H2,1-4H3,(H2,21,22,23). The Morgan fingerprint density at radius 1 is 1.23 bits per heavy atom. The molecule has 1 aromatic carbocycles. The maximum absolute atomic E-state index is 12.6. The van der Waals surface area contributed by atoms with Crippen LogP contribution in [0.5, 0.6) is 5.75 Å². The molecule has 1 saturated carbocycles. The Labute approximate surface area is 157 Å². The number of nitrogens with zero attached hydrogens (tertiary/aromatic N) is 2. The average molecular weight is 361 g/mol. The van der Waals surface area contributed by atoms with Gasteiger partial charge < -0.3 is 20.3 Å². The average Bonchev–Trinajstić information content (AvgIpc) is 3.11. The van der Waals surface area contributed by atoms with E-state index in [0.29, 0.717) is 25.7 Å². The molecule has 26 heavy (non-hydrogen) atoms. The fraction of sp³-hybridized carbons (Fsp3) is 0.600. The smallest absolute Gasteiger partial charge is 0.230 e. The van der Waals surface area contributed by atoms with Gasteiger partial charge in [-0.15, -0.1) is 0 Å². The van der Waals surface area contributed by atoms with Crippen molar-refractivity contribution in [2.24, 2.45) is 10.4 Å². The van der Waals surface area contributed by atoms with Crippen molar-refractivity contribution in [3.8, 4) is 5.75 Å². The van der Waals surface area contributed by atoms with Gasteiger partial charge in [-0.3, -0.25) is 9.79 Å². The minimum Gasteiger partial charge on any atom is -0.491 e. The molecule has 6 nitrogen and oxygen atoms in total. The maximum Gasteiger partial charge on any atom is 0.230 e. The van der Waals surface area contributed by atoms with Crippen LogP contribution in [-0.2, 0) is 4.79 Å². The molecule has 0 bridgehead atoms. The van der Waals surface area contributed by atoms with Crippen LogP contribution in [0, 0.1) is 12.3 Å². The molecular weight excluding hydrogens is 328 g/mol. The highest BCUT2D eigenvalue weighted by atomic mass is 16.5. The fourth-order valence-corrected chi connectivity index (χ4v) is 3.51. The Kier molecular flexibility index (Phi) is 7.30. The molecule has 2 N–H and O–H groups in total. The third kappa shape index (κ3) is 5.13. The van der Waals surface area contributed by atoms with Gasteiger partial charge in [-0.1, -0.05) is 31.0 Å². The third-order valence-corrected chi connectivity index (χ3v) is 4.98. The maximum atomic E-state index is 12.6. The third-order valence-electron chi connectivity index (χ3n) is 4.98. The van der Waals surface area contributed by atoms with Gasteiger partial charge in [0.15, 0.2) is 5.96 Å². The van der Waals surface area contributed by atoms with Crippen molar-refractivity contribution >= 4 is 11.9 Å². The molecule has 1 fully saturated rings. The van der Waals surface area contributed by atoms with E-state index < -0.39 is 0 Å². The lowest BCUT2D eigenvalue weighted by Gasteiger charge is -2.31. The van der Waals surface area contributed by atoms with Crippen molar-refractivity contribution in [2.45, 2.75) is 32.6 Å². The van der Waals surface area contributed by atoms with Gasteiger partial charge in [0, 0.05) is 27.7 Å². The summed E-state index contributed by atoms with van der Waals surface area (Å²) in [6.45, 7) is 3.84. The molecule has 1 aromatic rings. The topological polar surface area (TPSA) is 66.0 Å². The van der Waals surface area contributed by atoms with E-state index in [0.717, 1.165) is 37.0 Å². The van der Waals surface area contributed by atoms with E-state index in [1.807, 2.05) is 45.3 Å². The summed E-state index contributed by atoms with van der Waals surface area (Å²) < 4.78 is 5.79. The number of ether oxygens (including phenoxy) is 1. The second kappa shape index (κ2) is 9.46. The summed E-state index contributed by atoms with van der Waals surface area (Å²) in [6, 6.07) is 7.98. The number of guanidine groups is 1. The first kappa shape index (κ1) is 20.1. The largest absolute Gasteiger partial charge is 0.491 e. The van der Waals surface area contributed by atoms with Crippen LogP contribution in [0.3, 0.4) is 0 Å². The van der Waals surface area contributed by atoms with Crippen LogP contribution < -0.4 is 15.4 Å². The van der Waals surface area contributed by atoms with E-state index in [-0.39, 0.29) is 11.3 Å². The molecule has 0 atom stereocenters. The second-order valence-corrected chi connectivity index (χ2v) is 7.15. The molecule has 1 amide bonds. The molecule has 0 aromatic heterocycles. The SMILES string of the molecule is CN=C(NCCOc1ccccc1C)NCC1(C(=O)N(C)C)CCCC1. The number of carbonyl (C=O) groups is 1.